The maximum atomic E-state index is 11.2. The van der Waals surface area contributed by atoms with Crippen molar-refractivity contribution >= 4 is 11.7 Å². The molecule has 0 saturated heterocycles. The molecule has 0 spiro atoms. The summed E-state index contributed by atoms with van der Waals surface area (Å²) in [6.07, 6.45) is 2.16. The van der Waals surface area contributed by atoms with Gasteiger partial charge in [0.25, 0.3) is 0 Å². The van der Waals surface area contributed by atoms with Gasteiger partial charge in [0.1, 0.15) is 11.6 Å². The summed E-state index contributed by atoms with van der Waals surface area (Å²) in [6.45, 7) is 1.82. The molecule has 1 aromatic heterocycles. The molecule has 0 saturated carbocycles. The standard InChI is InChI=1S/C8H9N3O/c1-5-9-4-6-3-7(12)11(2)8(6)10-5/h4H,3H2,1-2H3. The first-order chi connectivity index (χ1) is 5.68. The van der Waals surface area contributed by atoms with Crippen molar-refractivity contribution in [1.82, 2.24) is 9.97 Å². The van der Waals surface area contributed by atoms with Crippen LogP contribution in [0.15, 0.2) is 6.20 Å². The van der Waals surface area contributed by atoms with Crippen LogP contribution in [0.5, 0.6) is 0 Å². The van der Waals surface area contributed by atoms with Gasteiger partial charge in [0.2, 0.25) is 5.91 Å². The number of carbonyl (C=O) groups excluding carboxylic acids is 1. The van der Waals surface area contributed by atoms with Crippen molar-refractivity contribution in [1.29, 1.82) is 0 Å². The van der Waals surface area contributed by atoms with E-state index < -0.39 is 0 Å². The van der Waals surface area contributed by atoms with E-state index in [1.165, 1.54) is 0 Å². The van der Waals surface area contributed by atoms with Crippen molar-refractivity contribution in [2.75, 3.05) is 11.9 Å². The van der Waals surface area contributed by atoms with Crippen LogP contribution in [-0.2, 0) is 11.2 Å². The number of hydrogen-bond acceptors (Lipinski definition) is 3. The van der Waals surface area contributed by atoms with Crippen LogP contribution < -0.4 is 4.90 Å². The Kier molecular flexibility index (Phi) is 1.36. The SMILES string of the molecule is Cc1ncc2c(n1)N(C)C(=O)C2. The first-order valence-electron chi connectivity index (χ1n) is 3.77. The molecule has 0 aliphatic carbocycles. The molecule has 12 heavy (non-hydrogen) atoms. The number of aryl methyl sites for hydroxylation is 1. The van der Waals surface area contributed by atoms with Gasteiger partial charge in [-0.05, 0) is 6.92 Å². The molecular formula is C8H9N3O. The Labute approximate surface area is 70.2 Å². The van der Waals surface area contributed by atoms with E-state index in [9.17, 15) is 4.79 Å². The monoisotopic (exact) mass is 163 g/mol. The number of rotatable bonds is 0. The van der Waals surface area contributed by atoms with E-state index in [-0.39, 0.29) is 5.91 Å². The van der Waals surface area contributed by atoms with Gasteiger partial charge in [-0.25, -0.2) is 9.97 Å². The number of nitrogens with zero attached hydrogens (tertiary/aromatic N) is 3. The van der Waals surface area contributed by atoms with Crippen molar-refractivity contribution in [2.24, 2.45) is 0 Å². The van der Waals surface area contributed by atoms with Gasteiger partial charge in [0.15, 0.2) is 0 Å². The summed E-state index contributed by atoms with van der Waals surface area (Å²) >= 11 is 0. The van der Waals surface area contributed by atoms with E-state index >= 15 is 0 Å². The van der Waals surface area contributed by atoms with Gasteiger partial charge in [0.05, 0.1) is 6.42 Å². The summed E-state index contributed by atoms with van der Waals surface area (Å²) in [4.78, 5) is 21.0. The average molecular weight is 163 g/mol. The highest BCUT2D eigenvalue weighted by molar-refractivity contribution is 5.99. The summed E-state index contributed by atoms with van der Waals surface area (Å²) in [7, 11) is 1.74. The minimum atomic E-state index is 0.0879. The summed E-state index contributed by atoms with van der Waals surface area (Å²) < 4.78 is 0. The first kappa shape index (κ1) is 7.21. The Bertz CT molecular complexity index is 348. The molecule has 1 amide bonds. The normalized spacial score (nSPS) is 15.2. The van der Waals surface area contributed by atoms with E-state index in [0.717, 1.165) is 11.4 Å². The Morgan fingerprint density at radius 3 is 3.08 bits per heavy atom. The molecule has 1 aliphatic rings. The minimum absolute atomic E-state index is 0.0879. The van der Waals surface area contributed by atoms with E-state index in [1.54, 1.807) is 18.1 Å². The lowest BCUT2D eigenvalue weighted by atomic mass is 10.3. The van der Waals surface area contributed by atoms with Crippen molar-refractivity contribution in [3.63, 3.8) is 0 Å². The second kappa shape index (κ2) is 2.27. The second-order valence-electron chi connectivity index (χ2n) is 2.90. The van der Waals surface area contributed by atoms with Crippen molar-refractivity contribution in [3.8, 4) is 0 Å². The van der Waals surface area contributed by atoms with E-state index in [0.29, 0.717) is 12.2 Å². The quantitative estimate of drug-likeness (QED) is 0.552. The molecule has 4 heteroatoms. The van der Waals surface area contributed by atoms with Crippen LogP contribution in [0.25, 0.3) is 0 Å². The van der Waals surface area contributed by atoms with E-state index in [2.05, 4.69) is 9.97 Å². The van der Waals surface area contributed by atoms with Gasteiger partial charge in [-0.15, -0.1) is 0 Å². The third-order valence-corrected chi connectivity index (χ3v) is 2.00. The number of amides is 1. The predicted octanol–water partition coefficient (Wildman–Crippen LogP) is 0.304. The Morgan fingerprint density at radius 1 is 1.58 bits per heavy atom. The minimum Gasteiger partial charge on any atom is -0.299 e. The molecule has 2 rings (SSSR count). The smallest absolute Gasteiger partial charge is 0.232 e. The van der Waals surface area contributed by atoms with Gasteiger partial charge in [-0.3, -0.25) is 9.69 Å². The molecule has 0 N–H and O–H groups in total. The van der Waals surface area contributed by atoms with Gasteiger partial charge in [-0.1, -0.05) is 0 Å². The van der Waals surface area contributed by atoms with Crippen molar-refractivity contribution in [3.05, 3.63) is 17.6 Å². The summed E-state index contributed by atoms with van der Waals surface area (Å²) in [6, 6.07) is 0. The topological polar surface area (TPSA) is 46.1 Å². The predicted molar refractivity (Wildman–Crippen MR) is 43.9 cm³/mol. The zero-order valence-corrected chi connectivity index (χ0v) is 7.03. The van der Waals surface area contributed by atoms with Crippen molar-refractivity contribution < 1.29 is 4.79 Å². The van der Waals surface area contributed by atoms with Crippen LogP contribution in [0.1, 0.15) is 11.4 Å². The molecule has 1 aliphatic heterocycles. The highest BCUT2D eigenvalue weighted by Gasteiger charge is 2.25. The molecule has 62 valence electrons. The molecular weight excluding hydrogens is 154 g/mol. The second-order valence-corrected chi connectivity index (χ2v) is 2.90. The van der Waals surface area contributed by atoms with Crippen LogP contribution in [0.3, 0.4) is 0 Å². The van der Waals surface area contributed by atoms with Crippen LogP contribution in [0.2, 0.25) is 0 Å². The van der Waals surface area contributed by atoms with Crippen LogP contribution >= 0.6 is 0 Å². The number of aromatic nitrogens is 2. The van der Waals surface area contributed by atoms with Gasteiger partial charge in [-0.2, -0.15) is 0 Å². The van der Waals surface area contributed by atoms with Gasteiger partial charge < -0.3 is 0 Å². The third kappa shape index (κ3) is 0.879. The number of carbonyl (C=O) groups is 1. The van der Waals surface area contributed by atoms with Crippen LogP contribution in [0.4, 0.5) is 5.82 Å². The molecule has 0 radical (unpaired) electrons. The Balaban J connectivity index is 2.55. The molecule has 1 aromatic rings. The lowest BCUT2D eigenvalue weighted by Crippen LogP contribution is -2.21. The maximum Gasteiger partial charge on any atom is 0.232 e. The zero-order valence-electron chi connectivity index (χ0n) is 7.03. The molecule has 0 aromatic carbocycles. The van der Waals surface area contributed by atoms with Gasteiger partial charge >= 0.3 is 0 Å². The summed E-state index contributed by atoms with van der Waals surface area (Å²) in [5.41, 5.74) is 0.924. The molecule has 0 unspecified atom stereocenters. The average Bonchev–Trinajstić information content (AvgIpc) is 2.31. The fraction of sp³-hybridized carbons (Fsp3) is 0.375. The van der Waals surface area contributed by atoms with Crippen molar-refractivity contribution in [2.45, 2.75) is 13.3 Å². The van der Waals surface area contributed by atoms with Crippen LogP contribution in [-0.4, -0.2) is 22.9 Å². The van der Waals surface area contributed by atoms with E-state index in [1.807, 2.05) is 6.92 Å². The molecule has 4 nitrogen and oxygen atoms in total. The summed E-state index contributed by atoms with van der Waals surface area (Å²) in [5.74, 6) is 1.55. The maximum absolute atomic E-state index is 11.2. The lowest BCUT2D eigenvalue weighted by molar-refractivity contribution is -0.117. The Morgan fingerprint density at radius 2 is 2.33 bits per heavy atom. The molecule has 0 atom stereocenters. The van der Waals surface area contributed by atoms with Crippen LogP contribution in [0, 0.1) is 6.92 Å². The third-order valence-electron chi connectivity index (χ3n) is 2.00. The fourth-order valence-corrected chi connectivity index (χ4v) is 1.30. The number of hydrogen-bond donors (Lipinski definition) is 0. The van der Waals surface area contributed by atoms with E-state index in [4.69, 9.17) is 0 Å². The molecule has 0 bridgehead atoms. The fourth-order valence-electron chi connectivity index (χ4n) is 1.30. The Hall–Kier alpha value is -1.45. The highest BCUT2D eigenvalue weighted by Crippen LogP contribution is 2.23. The molecule has 0 fully saturated rings. The first-order valence-corrected chi connectivity index (χ1v) is 3.77. The number of fused-ring (bicyclic) bond motifs is 1. The number of anilines is 1. The largest absolute Gasteiger partial charge is 0.299 e. The lowest BCUT2D eigenvalue weighted by Gasteiger charge is -2.07. The zero-order chi connectivity index (χ0) is 8.72. The summed E-state index contributed by atoms with van der Waals surface area (Å²) in [5, 5.41) is 0. The molecule has 2 heterocycles. The number of likely N-dealkylation sites (N-methyl/N-ethyl adjacent to an activating group) is 1. The van der Waals surface area contributed by atoms with Gasteiger partial charge in [0, 0.05) is 18.8 Å². The highest BCUT2D eigenvalue weighted by atomic mass is 16.2.